The summed E-state index contributed by atoms with van der Waals surface area (Å²) in [5.41, 5.74) is 0. The molecule has 0 amide bonds. The standard InChI is InChI=1S/C8H16O3Si/c1-12(2,3)5-4-7-6-10-8(9)11-7/h7H,4-6H2,1-3H3/t7-/m1/s1. The predicted octanol–water partition coefficient (Wildman–Crippen LogP) is 2.25. The Morgan fingerprint density at radius 1 is 1.50 bits per heavy atom. The van der Waals surface area contributed by atoms with E-state index in [1.54, 1.807) is 0 Å². The first-order chi connectivity index (χ1) is 5.47. The fraction of sp³-hybridized carbons (Fsp3) is 0.875. The van der Waals surface area contributed by atoms with E-state index < -0.39 is 14.2 Å². The van der Waals surface area contributed by atoms with Crippen LogP contribution in [0.15, 0.2) is 0 Å². The van der Waals surface area contributed by atoms with Crippen molar-refractivity contribution in [3.63, 3.8) is 0 Å². The van der Waals surface area contributed by atoms with Crippen molar-refractivity contribution in [2.75, 3.05) is 6.61 Å². The zero-order valence-electron chi connectivity index (χ0n) is 7.92. The van der Waals surface area contributed by atoms with E-state index in [2.05, 4.69) is 24.4 Å². The zero-order valence-corrected chi connectivity index (χ0v) is 8.92. The maximum absolute atomic E-state index is 10.5. The van der Waals surface area contributed by atoms with Crippen LogP contribution >= 0.6 is 0 Å². The van der Waals surface area contributed by atoms with E-state index in [4.69, 9.17) is 4.74 Å². The Morgan fingerprint density at radius 3 is 2.58 bits per heavy atom. The van der Waals surface area contributed by atoms with Gasteiger partial charge in [-0.05, 0) is 6.42 Å². The second-order valence-electron chi connectivity index (χ2n) is 4.40. The molecule has 0 N–H and O–H groups in total. The highest BCUT2D eigenvalue weighted by atomic mass is 28.3. The molecule has 1 fully saturated rings. The minimum absolute atomic E-state index is 0.0178. The molecule has 0 spiro atoms. The highest BCUT2D eigenvalue weighted by Crippen LogP contribution is 2.18. The van der Waals surface area contributed by atoms with Crippen LogP contribution in [0.2, 0.25) is 25.7 Å². The second kappa shape index (κ2) is 3.47. The maximum Gasteiger partial charge on any atom is 0.508 e. The molecule has 0 aromatic heterocycles. The fourth-order valence-corrected chi connectivity index (χ4v) is 2.29. The number of carbonyl (C=O) groups excluding carboxylic acids is 1. The smallest absolute Gasteiger partial charge is 0.430 e. The molecule has 1 aliphatic rings. The summed E-state index contributed by atoms with van der Waals surface area (Å²) in [6, 6.07) is 1.19. The molecule has 4 heteroatoms. The summed E-state index contributed by atoms with van der Waals surface area (Å²) in [4.78, 5) is 10.5. The van der Waals surface area contributed by atoms with Gasteiger partial charge >= 0.3 is 6.16 Å². The zero-order chi connectivity index (χ0) is 9.19. The fourth-order valence-electron chi connectivity index (χ4n) is 1.10. The number of cyclic esters (lactones) is 2. The van der Waals surface area contributed by atoms with Crippen LogP contribution in [0.25, 0.3) is 0 Å². The lowest BCUT2D eigenvalue weighted by molar-refractivity contribution is 0.117. The van der Waals surface area contributed by atoms with Crippen LogP contribution in [0, 0.1) is 0 Å². The molecule has 1 rings (SSSR count). The van der Waals surface area contributed by atoms with Gasteiger partial charge in [-0.15, -0.1) is 0 Å². The van der Waals surface area contributed by atoms with Gasteiger partial charge in [0.25, 0.3) is 0 Å². The summed E-state index contributed by atoms with van der Waals surface area (Å²) in [6.45, 7) is 7.38. The molecule has 0 aromatic rings. The van der Waals surface area contributed by atoms with E-state index in [0.717, 1.165) is 6.42 Å². The monoisotopic (exact) mass is 188 g/mol. The Balaban J connectivity index is 2.20. The van der Waals surface area contributed by atoms with Crippen molar-refractivity contribution in [1.29, 1.82) is 0 Å². The first kappa shape index (κ1) is 9.57. The van der Waals surface area contributed by atoms with Crippen LogP contribution < -0.4 is 0 Å². The van der Waals surface area contributed by atoms with Crippen molar-refractivity contribution in [2.45, 2.75) is 38.2 Å². The van der Waals surface area contributed by atoms with Crippen molar-refractivity contribution >= 4 is 14.2 Å². The van der Waals surface area contributed by atoms with Crippen LogP contribution in [-0.4, -0.2) is 26.9 Å². The molecule has 3 nitrogen and oxygen atoms in total. The largest absolute Gasteiger partial charge is 0.508 e. The molecule has 1 saturated heterocycles. The van der Waals surface area contributed by atoms with Gasteiger partial charge in [-0.1, -0.05) is 25.7 Å². The SMILES string of the molecule is C[Si](C)(C)CC[C@@H]1COC(=O)O1. The van der Waals surface area contributed by atoms with E-state index in [-0.39, 0.29) is 6.10 Å². The normalized spacial score (nSPS) is 23.6. The van der Waals surface area contributed by atoms with Crippen LogP contribution in [-0.2, 0) is 9.47 Å². The molecule has 0 radical (unpaired) electrons. The summed E-state index contributed by atoms with van der Waals surface area (Å²) in [5, 5.41) is 0. The number of hydrogen-bond acceptors (Lipinski definition) is 3. The van der Waals surface area contributed by atoms with Crippen LogP contribution in [0.4, 0.5) is 4.79 Å². The van der Waals surface area contributed by atoms with E-state index in [1.807, 2.05) is 0 Å². The van der Waals surface area contributed by atoms with Crippen molar-refractivity contribution in [3.8, 4) is 0 Å². The highest BCUT2D eigenvalue weighted by Gasteiger charge is 2.26. The third-order valence-electron chi connectivity index (χ3n) is 1.87. The summed E-state index contributed by atoms with van der Waals surface area (Å²) in [6.07, 6.45) is 0.473. The number of rotatable bonds is 3. The van der Waals surface area contributed by atoms with Crippen molar-refractivity contribution < 1.29 is 14.3 Å². The van der Waals surface area contributed by atoms with Crippen LogP contribution in [0.1, 0.15) is 6.42 Å². The van der Waals surface area contributed by atoms with E-state index in [9.17, 15) is 4.79 Å². The third kappa shape index (κ3) is 3.26. The van der Waals surface area contributed by atoms with Crippen molar-refractivity contribution in [1.82, 2.24) is 0 Å². The topological polar surface area (TPSA) is 35.5 Å². The second-order valence-corrected chi connectivity index (χ2v) is 10.0. The van der Waals surface area contributed by atoms with Gasteiger partial charge in [0.15, 0.2) is 0 Å². The van der Waals surface area contributed by atoms with Gasteiger partial charge < -0.3 is 9.47 Å². The molecule has 0 saturated carbocycles. The van der Waals surface area contributed by atoms with E-state index in [1.165, 1.54) is 6.04 Å². The molecular formula is C8H16O3Si. The maximum atomic E-state index is 10.5. The first-order valence-corrected chi connectivity index (χ1v) is 8.01. The molecule has 0 unspecified atom stereocenters. The summed E-state index contributed by atoms with van der Waals surface area (Å²) >= 11 is 0. The van der Waals surface area contributed by atoms with Crippen LogP contribution in [0.3, 0.4) is 0 Å². The lowest BCUT2D eigenvalue weighted by atomic mass is 10.3. The lowest BCUT2D eigenvalue weighted by Crippen LogP contribution is -2.22. The van der Waals surface area contributed by atoms with Gasteiger partial charge in [-0.3, -0.25) is 0 Å². The molecule has 70 valence electrons. The van der Waals surface area contributed by atoms with E-state index >= 15 is 0 Å². The minimum Gasteiger partial charge on any atom is -0.430 e. The molecule has 0 bridgehead atoms. The molecule has 1 aliphatic heterocycles. The van der Waals surface area contributed by atoms with Gasteiger partial charge in [0.05, 0.1) is 0 Å². The molecule has 0 aliphatic carbocycles. The Labute approximate surface area is 74.1 Å². The van der Waals surface area contributed by atoms with Gasteiger partial charge in [-0.2, -0.15) is 0 Å². The summed E-state index contributed by atoms with van der Waals surface area (Å²) in [7, 11) is -0.994. The number of hydrogen-bond donors (Lipinski definition) is 0. The Kier molecular flexibility index (Phi) is 2.77. The van der Waals surface area contributed by atoms with Gasteiger partial charge in [0.2, 0.25) is 0 Å². The quantitative estimate of drug-likeness (QED) is 0.503. The first-order valence-electron chi connectivity index (χ1n) is 4.31. The molecular weight excluding hydrogens is 172 g/mol. The highest BCUT2D eigenvalue weighted by molar-refractivity contribution is 6.76. The molecule has 0 aromatic carbocycles. The average Bonchev–Trinajstić information content (AvgIpc) is 2.30. The predicted molar refractivity (Wildman–Crippen MR) is 49.0 cm³/mol. The Bertz CT molecular complexity index is 174. The Hall–Kier alpha value is -0.513. The lowest BCUT2D eigenvalue weighted by Gasteiger charge is -2.16. The minimum atomic E-state index is -0.994. The Morgan fingerprint density at radius 2 is 2.17 bits per heavy atom. The van der Waals surface area contributed by atoms with Gasteiger partial charge in [0, 0.05) is 8.07 Å². The van der Waals surface area contributed by atoms with Gasteiger partial charge in [-0.25, -0.2) is 4.79 Å². The van der Waals surface area contributed by atoms with Gasteiger partial charge in [0.1, 0.15) is 12.7 Å². The molecule has 1 heterocycles. The molecule has 1 atom stereocenters. The average molecular weight is 188 g/mol. The third-order valence-corrected chi connectivity index (χ3v) is 3.65. The summed E-state index contributed by atoms with van der Waals surface area (Å²) in [5.74, 6) is 0. The van der Waals surface area contributed by atoms with E-state index in [0.29, 0.717) is 6.61 Å². The number of ether oxygens (including phenoxy) is 2. The summed E-state index contributed by atoms with van der Waals surface area (Å²) < 4.78 is 9.60. The number of carbonyl (C=O) groups is 1. The molecule has 12 heavy (non-hydrogen) atoms. The van der Waals surface area contributed by atoms with Crippen molar-refractivity contribution in [3.05, 3.63) is 0 Å². The van der Waals surface area contributed by atoms with Crippen molar-refractivity contribution in [2.24, 2.45) is 0 Å². The van der Waals surface area contributed by atoms with Crippen LogP contribution in [0.5, 0.6) is 0 Å².